The highest BCUT2D eigenvalue weighted by Crippen LogP contribution is 2.39. The van der Waals surface area contributed by atoms with Crippen molar-refractivity contribution >= 4 is 21.6 Å². The Hall–Kier alpha value is -2.32. The summed E-state index contributed by atoms with van der Waals surface area (Å²) < 4.78 is 66.6. The van der Waals surface area contributed by atoms with E-state index in [0.29, 0.717) is 44.6 Å². The lowest BCUT2D eigenvalue weighted by atomic mass is 9.78. The summed E-state index contributed by atoms with van der Waals surface area (Å²) in [5.74, 6) is -0.626. The summed E-state index contributed by atoms with van der Waals surface area (Å²) in [4.78, 5) is 14.3. The molecular weight excluding hydrogens is 457 g/mol. The van der Waals surface area contributed by atoms with Crippen LogP contribution in [0.4, 0.5) is 18.9 Å². The first-order chi connectivity index (χ1) is 15.5. The molecule has 2 atom stereocenters. The van der Waals surface area contributed by atoms with Crippen molar-refractivity contribution in [3.8, 4) is 6.07 Å². The van der Waals surface area contributed by atoms with E-state index >= 15 is 0 Å². The van der Waals surface area contributed by atoms with E-state index in [1.807, 2.05) is 4.90 Å². The maximum absolute atomic E-state index is 13.3. The van der Waals surface area contributed by atoms with Crippen LogP contribution in [0, 0.1) is 29.1 Å². The minimum Gasteiger partial charge on any atom is -0.372 e. The van der Waals surface area contributed by atoms with Crippen LogP contribution < -0.4 is 10.2 Å². The van der Waals surface area contributed by atoms with Crippen LogP contribution in [0.15, 0.2) is 18.2 Å². The fourth-order valence-electron chi connectivity index (χ4n) is 4.99. The number of nitriles is 1. The molecule has 0 bridgehead atoms. The first kappa shape index (κ1) is 25.3. The van der Waals surface area contributed by atoms with Gasteiger partial charge in [0.15, 0.2) is 0 Å². The number of carbonyl (C=O) groups is 1. The number of rotatable bonds is 6. The first-order valence-corrected chi connectivity index (χ1v) is 12.7. The zero-order chi connectivity index (χ0) is 24.4. The van der Waals surface area contributed by atoms with Gasteiger partial charge >= 0.3 is 6.18 Å². The van der Waals surface area contributed by atoms with E-state index in [-0.39, 0.29) is 30.0 Å². The van der Waals surface area contributed by atoms with Gasteiger partial charge in [0.25, 0.3) is 0 Å². The molecule has 2 aliphatic heterocycles. The molecule has 0 radical (unpaired) electrons. The standard InChI is InChI=1S/C22H29F3N4O3S/c1-3-10-33(31,32)29-13-18(19(14-29)21(30)27-2)15-6-8-28(9-7-15)17-5-4-16(12-26)20(11-17)22(23,24)25/h4-5,11,15,18-19H,3,6-10,13-14H2,1-2H3,(H,27,30)/t18-,19+/m0/s1. The Morgan fingerprint density at radius 2 is 1.91 bits per heavy atom. The molecule has 0 unspecified atom stereocenters. The molecule has 2 aliphatic rings. The highest BCUT2D eigenvalue weighted by Gasteiger charge is 2.45. The second-order valence-corrected chi connectivity index (χ2v) is 10.8. The molecule has 33 heavy (non-hydrogen) atoms. The lowest BCUT2D eigenvalue weighted by Gasteiger charge is -2.37. The number of nitrogens with zero attached hydrogens (tertiary/aromatic N) is 3. The van der Waals surface area contributed by atoms with Crippen LogP contribution in [0.1, 0.15) is 37.3 Å². The number of sulfonamides is 1. The van der Waals surface area contributed by atoms with Gasteiger partial charge in [-0.2, -0.15) is 18.4 Å². The van der Waals surface area contributed by atoms with E-state index in [2.05, 4.69) is 5.32 Å². The molecule has 2 fully saturated rings. The molecule has 1 aromatic rings. The molecule has 7 nitrogen and oxygen atoms in total. The van der Waals surface area contributed by atoms with Gasteiger partial charge in [0, 0.05) is 38.9 Å². The number of hydrogen-bond acceptors (Lipinski definition) is 5. The van der Waals surface area contributed by atoms with E-state index < -0.39 is 33.2 Å². The predicted molar refractivity (Wildman–Crippen MR) is 118 cm³/mol. The number of carbonyl (C=O) groups excluding carboxylic acids is 1. The Morgan fingerprint density at radius 1 is 1.24 bits per heavy atom. The lowest BCUT2D eigenvalue weighted by Crippen LogP contribution is -2.41. The van der Waals surface area contributed by atoms with Gasteiger partial charge in [-0.1, -0.05) is 6.92 Å². The molecule has 0 aliphatic carbocycles. The average molecular weight is 487 g/mol. The van der Waals surface area contributed by atoms with Crippen LogP contribution in [0.5, 0.6) is 0 Å². The van der Waals surface area contributed by atoms with Crippen molar-refractivity contribution in [3.63, 3.8) is 0 Å². The highest BCUT2D eigenvalue weighted by molar-refractivity contribution is 7.89. The molecular formula is C22H29F3N4O3S. The lowest BCUT2D eigenvalue weighted by molar-refractivity contribution is -0.137. The summed E-state index contributed by atoms with van der Waals surface area (Å²) in [6.45, 7) is 3.24. The highest BCUT2D eigenvalue weighted by atomic mass is 32.2. The van der Waals surface area contributed by atoms with Crippen molar-refractivity contribution in [2.24, 2.45) is 17.8 Å². The minimum atomic E-state index is -4.61. The Labute approximate surface area is 192 Å². The van der Waals surface area contributed by atoms with E-state index in [1.165, 1.54) is 23.5 Å². The number of piperidine rings is 1. The van der Waals surface area contributed by atoms with Crippen LogP contribution in [-0.2, 0) is 21.0 Å². The van der Waals surface area contributed by atoms with Crippen molar-refractivity contribution in [1.29, 1.82) is 5.26 Å². The SMILES string of the molecule is CCCS(=O)(=O)N1C[C@@H](C(=O)NC)[C@H](C2CCN(c3ccc(C#N)c(C(F)(F)F)c3)CC2)C1. The van der Waals surface area contributed by atoms with E-state index in [0.717, 1.165) is 6.07 Å². The number of alkyl halides is 3. The van der Waals surface area contributed by atoms with Crippen molar-refractivity contribution in [2.45, 2.75) is 32.4 Å². The summed E-state index contributed by atoms with van der Waals surface area (Å²) in [5, 5.41) is 11.6. The van der Waals surface area contributed by atoms with Gasteiger partial charge in [-0.15, -0.1) is 0 Å². The molecule has 3 rings (SSSR count). The summed E-state index contributed by atoms with van der Waals surface area (Å²) in [5.41, 5.74) is -0.952. The number of hydrogen-bond donors (Lipinski definition) is 1. The molecule has 0 saturated carbocycles. The molecule has 2 heterocycles. The van der Waals surface area contributed by atoms with Gasteiger partial charge in [-0.25, -0.2) is 12.7 Å². The van der Waals surface area contributed by atoms with Gasteiger partial charge in [-0.05, 0) is 49.3 Å². The largest absolute Gasteiger partial charge is 0.417 e. The maximum Gasteiger partial charge on any atom is 0.417 e. The van der Waals surface area contributed by atoms with Crippen molar-refractivity contribution < 1.29 is 26.4 Å². The molecule has 11 heteroatoms. The van der Waals surface area contributed by atoms with Crippen LogP contribution >= 0.6 is 0 Å². The fourth-order valence-corrected chi connectivity index (χ4v) is 6.55. The Balaban J connectivity index is 1.74. The molecule has 0 spiro atoms. The Morgan fingerprint density at radius 3 is 2.45 bits per heavy atom. The second-order valence-electron chi connectivity index (χ2n) is 8.68. The van der Waals surface area contributed by atoms with E-state index in [1.54, 1.807) is 13.0 Å². The zero-order valence-electron chi connectivity index (χ0n) is 18.7. The third-order valence-corrected chi connectivity index (χ3v) is 8.72. The average Bonchev–Trinajstić information content (AvgIpc) is 3.24. The van der Waals surface area contributed by atoms with Crippen molar-refractivity contribution in [1.82, 2.24) is 9.62 Å². The van der Waals surface area contributed by atoms with Crippen LogP contribution in [0.3, 0.4) is 0 Å². The molecule has 1 N–H and O–H groups in total. The van der Waals surface area contributed by atoms with Crippen LogP contribution in [0.25, 0.3) is 0 Å². The van der Waals surface area contributed by atoms with Gasteiger partial charge in [0.05, 0.1) is 28.9 Å². The normalized spacial score (nSPS) is 22.8. The predicted octanol–water partition coefficient (Wildman–Crippen LogP) is 2.83. The Kier molecular flexibility index (Phi) is 7.59. The summed E-state index contributed by atoms with van der Waals surface area (Å²) in [7, 11) is -1.89. The first-order valence-electron chi connectivity index (χ1n) is 11.1. The maximum atomic E-state index is 13.3. The van der Waals surface area contributed by atoms with E-state index in [9.17, 15) is 26.4 Å². The zero-order valence-corrected chi connectivity index (χ0v) is 19.5. The monoisotopic (exact) mass is 486 g/mol. The number of amides is 1. The molecule has 2 saturated heterocycles. The third kappa shape index (κ3) is 5.44. The molecule has 1 amide bonds. The number of nitrogens with one attached hydrogen (secondary N) is 1. The third-order valence-electron chi connectivity index (χ3n) is 6.71. The van der Waals surface area contributed by atoms with E-state index in [4.69, 9.17) is 5.26 Å². The van der Waals surface area contributed by atoms with Crippen molar-refractivity contribution in [3.05, 3.63) is 29.3 Å². The summed E-state index contributed by atoms with van der Waals surface area (Å²) in [6.07, 6.45) is -2.84. The molecule has 182 valence electrons. The van der Waals surface area contributed by atoms with Crippen LogP contribution in [-0.4, -0.2) is 57.6 Å². The van der Waals surface area contributed by atoms with Gasteiger partial charge < -0.3 is 10.2 Å². The number of halogens is 3. The smallest absolute Gasteiger partial charge is 0.372 e. The van der Waals surface area contributed by atoms with Gasteiger partial charge in [0.2, 0.25) is 15.9 Å². The van der Waals surface area contributed by atoms with Crippen molar-refractivity contribution in [2.75, 3.05) is 43.9 Å². The Bertz CT molecular complexity index is 1010. The second kappa shape index (κ2) is 9.89. The quantitative estimate of drug-likeness (QED) is 0.668. The molecule has 0 aromatic heterocycles. The summed E-state index contributed by atoms with van der Waals surface area (Å²) in [6, 6.07) is 5.32. The summed E-state index contributed by atoms with van der Waals surface area (Å²) >= 11 is 0. The number of anilines is 1. The number of benzene rings is 1. The van der Waals surface area contributed by atoms with Crippen LogP contribution in [0.2, 0.25) is 0 Å². The fraction of sp³-hybridized carbons (Fsp3) is 0.636. The topological polar surface area (TPSA) is 93.5 Å². The van der Waals surface area contributed by atoms with Gasteiger partial charge in [-0.3, -0.25) is 4.79 Å². The minimum absolute atomic E-state index is 0.0405. The van der Waals surface area contributed by atoms with Gasteiger partial charge in [0.1, 0.15) is 0 Å². The molecule has 1 aromatic carbocycles.